The van der Waals surface area contributed by atoms with Crippen LogP contribution in [-0.2, 0) is 4.74 Å². The molecule has 32 heteroatoms. The summed E-state index contributed by atoms with van der Waals surface area (Å²) in [7, 11) is 1.73. The number of piperidine rings is 5. The van der Waals surface area contributed by atoms with E-state index in [0.717, 1.165) is 222 Å². The van der Waals surface area contributed by atoms with Gasteiger partial charge in [-0.1, -0.05) is 184 Å². The first-order chi connectivity index (χ1) is 62.2. The van der Waals surface area contributed by atoms with Crippen molar-refractivity contribution in [3.05, 3.63) is 177 Å². The molecule has 3 saturated carbocycles. The number of aromatic amines is 5. The van der Waals surface area contributed by atoms with Gasteiger partial charge in [-0.3, -0.25) is 25.5 Å². The second-order valence-electron chi connectivity index (χ2n) is 37.2. The predicted octanol–water partition coefficient (Wildman–Crippen LogP) is 20.8. The number of rotatable bonds is 13. The fourth-order valence-electron chi connectivity index (χ4n) is 20.2. The van der Waals surface area contributed by atoms with Gasteiger partial charge in [0.05, 0.1) is 91.2 Å². The van der Waals surface area contributed by atoms with Gasteiger partial charge in [-0.15, -0.1) is 0 Å². The molecule has 0 radical (unpaired) electrons. The third kappa shape index (κ3) is 17.4. The molecule has 15 aromatic rings. The molecule has 5 aromatic carbocycles. The molecule has 128 heavy (non-hydrogen) atoms. The first-order valence-corrected chi connectivity index (χ1v) is 46.8. The van der Waals surface area contributed by atoms with Crippen molar-refractivity contribution in [3.63, 3.8) is 0 Å². The molecule has 0 bridgehead atoms. The summed E-state index contributed by atoms with van der Waals surface area (Å²) < 4.78 is 5.38. The SMILES string of the molecule is CC1(C)CCN(c2cnc3c(-c4ccccc4Cl)[nH]nc3n2)CC1.COCC1(CN)CCN(c2cnc3c(-c4ccccc4Cl)[nH]nc3n2)CC1.C[C@@H]1CC12CCN(c1cnc3c(-c4ccccc4Cl)[nH]nc3n1)CC2.C[C@@H]1CCC12CCN(c1cnc3c(-c4ccccc4Cl)[nH]nc3n1)CC2.C[C@H]1CCC12CCN(c1cnc3c(-c4ccccc4Cl)[nH]nc3n1)CC2. The lowest BCUT2D eigenvalue weighted by Crippen LogP contribution is -2.48. The maximum atomic E-state index is 6.32. The van der Waals surface area contributed by atoms with Crippen molar-refractivity contribution in [1.29, 1.82) is 0 Å². The Morgan fingerprint density at radius 1 is 0.336 bits per heavy atom. The summed E-state index contributed by atoms with van der Waals surface area (Å²) in [6.45, 7) is 23.3. The van der Waals surface area contributed by atoms with Gasteiger partial charge in [-0.05, 0) is 166 Å². The zero-order valence-corrected chi connectivity index (χ0v) is 76.9. The van der Waals surface area contributed by atoms with Gasteiger partial charge in [0.1, 0.15) is 56.7 Å². The molecule has 15 heterocycles. The molecule has 7 N–H and O–H groups in total. The molecule has 5 saturated heterocycles. The van der Waals surface area contributed by atoms with Gasteiger partial charge in [0, 0.05) is 112 Å². The molecule has 3 spiro atoms. The van der Waals surface area contributed by atoms with Crippen LogP contribution in [0.2, 0.25) is 25.1 Å². The van der Waals surface area contributed by atoms with Crippen LogP contribution in [0.15, 0.2) is 152 Å². The van der Waals surface area contributed by atoms with E-state index in [0.29, 0.717) is 88.2 Å². The number of H-pyrrole nitrogens is 5. The first-order valence-electron chi connectivity index (χ1n) is 44.9. The van der Waals surface area contributed by atoms with E-state index in [1.54, 1.807) is 7.11 Å². The normalized spacial score (nSPS) is 20.0. The summed E-state index contributed by atoms with van der Waals surface area (Å²) in [5, 5.41) is 40.4. The molecule has 23 rings (SSSR count). The second-order valence-corrected chi connectivity index (χ2v) is 39.2. The summed E-state index contributed by atoms with van der Waals surface area (Å²) in [4.78, 5) is 58.5. The topological polar surface area (TPSA) is 324 Å². The van der Waals surface area contributed by atoms with Crippen LogP contribution in [0.3, 0.4) is 0 Å². The number of hydrogen-bond donors (Lipinski definition) is 6. The molecule has 10 aromatic heterocycles. The third-order valence-electron chi connectivity index (χ3n) is 29.5. The van der Waals surface area contributed by atoms with Crippen molar-refractivity contribution in [3.8, 4) is 56.3 Å². The number of benzene rings is 5. The monoisotopic (exact) mass is 1810 g/mol. The predicted molar refractivity (Wildman–Crippen MR) is 513 cm³/mol. The molecular formula is C96H107Cl5N26O. The lowest BCUT2D eigenvalue weighted by Gasteiger charge is -2.53. The lowest BCUT2D eigenvalue weighted by molar-refractivity contribution is 0.0163. The zero-order valence-electron chi connectivity index (χ0n) is 73.1. The Morgan fingerprint density at radius 3 is 0.781 bits per heavy atom. The Morgan fingerprint density at radius 2 is 0.570 bits per heavy atom. The number of nitrogens with zero attached hydrogens (tertiary/aromatic N) is 20. The number of halogens is 5. The summed E-state index contributed by atoms with van der Waals surface area (Å²) >= 11 is 31.6. The van der Waals surface area contributed by atoms with E-state index in [4.69, 9.17) is 93.4 Å². The highest BCUT2D eigenvalue weighted by Crippen LogP contribution is 2.60. The highest BCUT2D eigenvalue weighted by atomic mass is 35.5. The molecule has 8 fully saturated rings. The van der Waals surface area contributed by atoms with Crippen molar-refractivity contribution in [2.75, 3.05) is 110 Å². The maximum Gasteiger partial charge on any atom is 0.202 e. The number of anilines is 5. The Labute approximate surface area is 768 Å². The quantitative estimate of drug-likeness (QED) is 0.0624. The minimum Gasteiger partial charge on any atom is -0.384 e. The Bertz CT molecular complexity index is 6300. The molecule has 5 aliphatic heterocycles. The van der Waals surface area contributed by atoms with Gasteiger partial charge in [0.15, 0.2) is 0 Å². The van der Waals surface area contributed by atoms with E-state index in [1.165, 1.54) is 70.6 Å². The van der Waals surface area contributed by atoms with Gasteiger partial charge in [-0.2, -0.15) is 25.5 Å². The van der Waals surface area contributed by atoms with E-state index in [2.05, 4.69) is 135 Å². The number of methoxy groups -OCH3 is 1. The number of ether oxygens (including phenoxy) is 1. The average molecular weight is 1820 g/mol. The highest BCUT2D eigenvalue weighted by Gasteiger charge is 2.52. The molecule has 662 valence electrons. The van der Waals surface area contributed by atoms with Crippen LogP contribution in [0.25, 0.3) is 112 Å². The molecule has 8 aliphatic rings. The number of nitrogens with two attached hydrogens (primary N) is 1. The maximum absolute atomic E-state index is 6.32. The summed E-state index contributed by atoms with van der Waals surface area (Å²) in [6, 6.07) is 38.4. The lowest BCUT2D eigenvalue weighted by atomic mass is 9.56. The molecule has 3 atom stereocenters. The molecular weight excluding hydrogens is 1710 g/mol. The van der Waals surface area contributed by atoms with Crippen molar-refractivity contribution in [2.24, 2.45) is 50.6 Å². The number of nitrogens with one attached hydrogen (secondary N) is 5. The Balaban J connectivity index is 0.000000104. The largest absolute Gasteiger partial charge is 0.384 e. The summed E-state index contributed by atoms with van der Waals surface area (Å²) in [5.74, 6) is 7.16. The van der Waals surface area contributed by atoms with E-state index in [9.17, 15) is 0 Å². The summed E-state index contributed by atoms with van der Waals surface area (Å²) in [6.07, 6.45) is 28.1. The van der Waals surface area contributed by atoms with Gasteiger partial charge in [0.25, 0.3) is 0 Å². The van der Waals surface area contributed by atoms with Crippen molar-refractivity contribution in [2.45, 2.75) is 131 Å². The molecule has 3 aliphatic carbocycles. The number of aromatic nitrogens is 20. The van der Waals surface area contributed by atoms with Crippen molar-refractivity contribution < 1.29 is 4.74 Å². The number of fused-ring (bicyclic) bond motifs is 5. The molecule has 27 nitrogen and oxygen atoms in total. The minimum absolute atomic E-state index is 0.0618. The minimum atomic E-state index is 0.0618. The zero-order chi connectivity index (χ0) is 88.1. The van der Waals surface area contributed by atoms with Crippen LogP contribution < -0.4 is 30.2 Å². The smallest absolute Gasteiger partial charge is 0.202 e. The fourth-order valence-corrected chi connectivity index (χ4v) is 21.3. The highest BCUT2D eigenvalue weighted by molar-refractivity contribution is 6.35. The van der Waals surface area contributed by atoms with Crippen LogP contribution in [0.1, 0.15) is 131 Å². The van der Waals surface area contributed by atoms with Gasteiger partial charge in [-0.25, -0.2) is 49.8 Å². The first kappa shape index (κ1) is 86.6. The third-order valence-corrected chi connectivity index (χ3v) is 31.2. The molecule has 0 unspecified atom stereocenters. The average Bonchev–Trinajstić information content (AvgIpc) is 1.43. The van der Waals surface area contributed by atoms with Crippen molar-refractivity contribution in [1.82, 2.24) is 101 Å². The Kier molecular flexibility index (Phi) is 24.5. The van der Waals surface area contributed by atoms with Crippen LogP contribution in [-0.4, -0.2) is 187 Å². The summed E-state index contributed by atoms with van der Waals surface area (Å²) in [5.41, 5.74) is 23.8. The van der Waals surface area contributed by atoms with Gasteiger partial charge in [0.2, 0.25) is 28.2 Å². The fraction of sp³-hybridized carbons (Fsp3) is 0.427. The van der Waals surface area contributed by atoms with Crippen molar-refractivity contribution >= 4 is 143 Å². The van der Waals surface area contributed by atoms with Gasteiger partial charge < -0.3 is 35.0 Å². The van der Waals surface area contributed by atoms with Crippen LogP contribution in [0.4, 0.5) is 29.1 Å². The van der Waals surface area contributed by atoms with E-state index in [1.807, 2.05) is 152 Å². The molecule has 0 amide bonds. The van der Waals surface area contributed by atoms with Crippen LogP contribution in [0.5, 0.6) is 0 Å². The van der Waals surface area contributed by atoms with E-state index < -0.39 is 0 Å². The van der Waals surface area contributed by atoms with Gasteiger partial charge >= 0.3 is 0 Å². The Hall–Kier alpha value is -10.8. The second kappa shape index (κ2) is 36.3. The van der Waals surface area contributed by atoms with Crippen LogP contribution in [0, 0.1) is 44.8 Å². The van der Waals surface area contributed by atoms with E-state index >= 15 is 0 Å². The number of hydrogen-bond acceptors (Lipinski definition) is 22. The van der Waals surface area contributed by atoms with E-state index in [-0.39, 0.29) is 5.41 Å². The standard InChI is InChI=1S/2C20H22ClN5.C19H23ClN6O.C19H20ClN5.C18H20ClN5/c2*1-13-6-7-20(13)8-10-26(11-9-20)16-12-22-18-17(24-25-19(18)23-16)14-4-2-3-5-15(14)21;1-27-12-19(11-21)6-8-26(9-7-19)15-10-22-17-16(24-25-18(17)23-15)13-4-2-3-5-14(13)20;1-12-10-19(12)6-8-25(9-7-19)15-11-21-17-16(23-24-18(17)22-15)13-4-2-3-5-14(13)20;1-18(2)7-9-24(10-8-18)14-11-20-16-15(22-23-17(16)21-14)12-5-3-4-6-13(12)19/h2*2-5,12-13H,6-11H2,1H3,(H,23,24,25);2-5,10H,6-9,11-12,21H2,1H3,(H,23,24,25);2-5,11-12H,6-10H2,1H3,(H,22,23,24);3-6,11H,7-10H2,1-2H3,(H,21,22,23)/t2*13-;;12-;/m10.1./s1. The van der Waals surface area contributed by atoms with Crippen LogP contribution >= 0.6 is 58.0 Å².